The third-order valence-electron chi connectivity index (χ3n) is 3.74. The lowest BCUT2D eigenvalue weighted by molar-refractivity contribution is -0.147. The van der Waals surface area contributed by atoms with E-state index in [1.54, 1.807) is 23.6 Å². The Morgan fingerprint density at radius 2 is 2.21 bits per heavy atom. The SMILES string of the molecule is O=C(O)[C@H]1COCCN1C(=O)c1csc(Cc2ccccc2F)n1. The predicted octanol–water partition coefficient (Wildman–Crippen LogP) is 1.80. The molecular weight excluding hydrogens is 335 g/mol. The van der Waals surface area contributed by atoms with Crippen LogP contribution in [0.25, 0.3) is 0 Å². The number of morpholine rings is 1. The van der Waals surface area contributed by atoms with E-state index < -0.39 is 17.9 Å². The maximum absolute atomic E-state index is 13.7. The molecule has 1 N–H and O–H groups in total. The van der Waals surface area contributed by atoms with Gasteiger partial charge in [0.05, 0.1) is 18.2 Å². The Kier molecular flexibility index (Phi) is 4.86. The largest absolute Gasteiger partial charge is 0.480 e. The van der Waals surface area contributed by atoms with Crippen LogP contribution in [0.5, 0.6) is 0 Å². The molecule has 2 aromatic rings. The number of halogens is 1. The normalized spacial score (nSPS) is 17.7. The van der Waals surface area contributed by atoms with Gasteiger partial charge in [0.25, 0.3) is 5.91 Å². The average Bonchev–Trinajstić information content (AvgIpc) is 3.05. The zero-order valence-corrected chi connectivity index (χ0v) is 13.5. The van der Waals surface area contributed by atoms with Crippen molar-refractivity contribution in [3.8, 4) is 0 Å². The predicted molar refractivity (Wildman–Crippen MR) is 84.6 cm³/mol. The van der Waals surface area contributed by atoms with Crippen molar-refractivity contribution in [3.05, 3.63) is 51.7 Å². The van der Waals surface area contributed by atoms with Gasteiger partial charge in [-0.05, 0) is 11.6 Å². The molecule has 0 unspecified atom stereocenters. The zero-order valence-electron chi connectivity index (χ0n) is 12.6. The molecule has 3 rings (SSSR count). The molecule has 1 aliphatic rings. The van der Waals surface area contributed by atoms with Gasteiger partial charge in [-0.2, -0.15) is 0 Å². The number of hydrogen-bond acceptors (Lipinski definition) is 5. The van der Waals surface area contributed by atoms with Crippen LogP contribution in [0, 0.1) is 5.82 Å². The monoisotopic (exact) mass is 350 g/mol. The summed E-state index contributed by atoms with van der Waals surface area (Å²) in [6, 6.07) is 5.38. The van der Waals surface area contributed by atoms with E-state index in [0.29, 0.717) is 17.2 Å². The van der Waals surface area contributed by atoms with Gasteiger partial charge in [-0.15, -0.1) is 11.3 Å². The Morgan fingerprint density at radius 3 is 2.96 bits per heavy atom. The van der Waals surface area contributed by atoms with Gasteiger partial charge in [-0.3, -0.25) is 4.79 Å². The summed E-state index contributed by atoms with van der Waals surface area (Å²) in [6.07, 6.45) is 0.288. The van der Waals surface area contributed by atoms with Crippen LogP contribution in [0.15, 0.2) is 29.6 Å². The van der Waals surface area contributed by atoms with Gasteiger partial charge in [0.15, 0.2) is 6.04 Å². The Hall–Kier alpha value is -2.32. The zero-order chi connectivity index (χ0) is 17.1. The number of carboxylic acid groups (broad SMARTS) is 1. The van der Waals surface area contributed by atoms with Crippen LogP contribution in [-0.2, 0) is 16.0 Å². The molecular formula is C16H15FN2O4S. The fourth-order valence-electron chi connectivity index (χ4n) is 2.49. The summed E-state index contributed by atoms with van der Waals surface area (Å²) in [4.78, 5) is 29.3. The van der Waals surface area contributed by atoms with E-state index in [-0.39, 0.29) is 31.1 Å². The molecule has 1 aliphatic heterocycles. The number of carbonyl (C=O) groups excluding carboxylic acids is 1. The molecule has 0 aliphatic carbocycles. The molecule has 8 heteroatoms. The smallest absolute Gasteiger partial charge is 0.328 e. The molecule has 1 amide bonds. The first-order valence-electron chi connectivity index (χ1n) is 7.35. The molecule has 0 bridgehead atoms. The number of carbonyl (C=O) groups is 2. The Labute approximate surface area is 141 Å². The topological polar surface area (TPSA) is 79.7 Å². The Balaban J connectivity index is 1.76. The summed E-state index contributed by atoms with van der Waals surface area (Å²) in [6.45, 7) is 0.463. The highest BCUT2D eigenvalue weighted by Gasteiger charge is 2.34. The van der Waals surface area contributed by atoms with Gasteiger partial charge in [0.1, 0.15) is 11.5 Å². The molecule has 1 aromatic carbocycles. The van der Waals surface area contributed by atoms with Crippen molar-refractivity contribution in [1.29, 1.82) is 0 Å². The number of hydrogen-bond donors (Lipinski definition) is 1. The van der Waals surface area contributed by atoms with E-state index in [9.17, 15) is 19.1 Å². The molecule has 0 saturated carbocycles. The van der Waals surface area contributed by atoms with Gasteiger partial charge in [-0.1, -0.05) is 18.2 Å². The molecule has 6 nitrogen and oxygen atoms in total. The Morgan fingerprint density at radius 1 is 1.42 bits per heavy atom. The number of benzene rings is 1. The third kappa shape index (κ3) is 3.44. The number of amides is 1. The summed E-state index contributed by atoms with van der Waals surface area (Å²) in [5.74, 6) is -1.87. The van der Waals surface area contributed by atoms with Gasteiger partial charge >= 0.3 is 5.97 Å². The van der Waals surface area contributed by atoms with Gasteiger partial charge in [-0.25, -0.2) is 14.2 Å². The van der Waals surface area contributed by atoms with Crippen molar-refractivity contribution in [2.24, 2.45) is 0 Å². The minimum Gasteiger partial charge on any atom is -0.480 e. The summed E-state index contributed by atoms with van der Waals surface area (Å²) in [5, 5.41) is 11.4. The highest BCUT2D eigenvalue weighted by atomic mass is 32.1. The number of ether oxygens (including phenoxy) is 1. The second-order valence-electron chi connectivity index (χ2n) is 5.32. The van der Waals surface area contributed by atoms with Crippen LogP contribution in [0.3, 0.4) is 0 Å². The Bertz CT molecular complexity index is 764. The summed E-state index contributed by atoms with van der Waals surface area (Å²) in [7, 11) is 0. The van der Waals surface area contributed by atoms with Crippen molar-refractivity contribution in [1.82, 2.24) is 9.88 Å². The number of rotatable bonds is 4. The fraction of sp³-hybridized carbons (Fsp3) is 0.312. The molecule has 1 aromatic heterocycles. The van der Waals surface area contributed by atoms with E-state index in [0.717, 1.165) is 0 Å². The van der Waals surface area contributed by atoms with E-state index in [1.807, 2.05) is 0 Å². The number of aliphatic carboxylic acids is 1. The third-order valence-corrected chi connectivity index (χ3v) is 4.59. The van der Waals surface area contributed by atoms with Gasteiger partial charge in [0, 0.05) is 18.3 Å². The van der Waals surface area contributed by atoms with E-state index in [2.05, 4.69) is 4.98 Å². The fourth-order valence-corrected chi connectivity index (χ4v) is 3.28. The van der Waals surface area contributed by atoms with Crippen molar-refractivity contribution < 1.29 is 23.8 Å². The minimum atomic E-state index is -1.11. The number of aromatic nitrogens is 1. The first kappa shape index (κ1) is 16.5. The highest BCUT2D eigenvalue weighted by molar-refractivity contribution is 7.09. The number of nitrogens with zero attached hydrogens (tertiary/aromatic N) is 2. The van der Waals surface area contributed by atoms with Crippen molar-refractivity contribution in [2.75, 3.05) is 19.8 Å². The molecule has 24 heavy (non-hydrogen) atoms. The molecule has 1 saturated heterocycles. The molecule has 0 spiro atoms. The number of carboxylic acids is 1. The lowest BCUT2D eigenvalue weighted by atomic mass is 10.1. The maximum Gasteiger partial charge on any atom is 0.328 e. The molecule has 126 valence electrons. The number of thiazole rings is 1. The van der Waals surface area contributed by atoms with Crippen molar-refractivity contribution in [3.63, 3.8) is 0 Å². The van der Waals surface area contributed by atoms with Gasteiger partial charge in [0.2, 0.25) is 0 Å². The van der Waals surface area contributed by atoms with E-state index >= 15 is 0 Å². The second kappa shape index (κ2) is 7.06. The van der Waals surface area contributed by atoms with E-state index in [1.165, 1.54) is 22.3 Å². The van der Waals surface area contributed by atoms with Crippen LogP contribution >= 0.6 is 11.3 Å². The first-order chi connectivity index (χ1) is 11.6. The van der Waals surface area contributed by atoms with Crippen LogP contribution in [0.2, 0.25) is 0 Å². The minimum absolute atomic E-state index is 0.0344. The summed E-state index contributed by atoms with van der Waals surface area (Å²) in [5.41, 5.74) is 0.681. The second-order valence-corrected chi connectivity index (χ2v) is 6.26. The molecule has 2 heterocycles. The summed E-state index contributed by atoms with van der Waals surface area (Å²) < 4.78 is 18.8. The standard InChI is InChI=1S/C16H15FN2O4S/c17-11-4-2-1-3-10(11)7-14-18-12(9-24-14)15(20)19-5-6-23-8-13(19)16(21)22/h1-4,9,13H,5-8H2,(H,21,22)/t13-/m1/s1. The van der Waals surface area contributed by atoms with Crippen LogP contribution < -0.4 is 0 Å². The van der Waals surface area contributed by atoms with Crippen molar-refractivity contribution in [2.45, 2.75) is 12.5 Å². The van der Waals surface area contributed by atoms with Crippen molar-refractivity contribution >= 4 is 23.2 Å². The lowest BCUT2D eigenvalue weighted by Crippen LogP contribution is -2.52. The van der Waals surface area contributed by atoms with Crippen LogP contribution in [0.4, 0.5) is 4.39 Å². The summed E-state index contributed by atoms with van der Waals surface area (Å²) >= 11 is 1.25. The van der Waals surface area contributed by atoms with Crippen LogP contribution in [0.1, 0.15) is 21.1 Å². The lowest BCUT2D eigenvalue weighted by Gasteiger charge is -2.32. The first-order valence-corrected chi connectivity index (χ1v) is 8.23. The quantitative estimate of drug-likeness (QED) is 0.909. The molecule has 0 radical (unpaired) electrons. The van der Waals surface area contributed by atoms with E-state index in [4.69, 9.17) is 4.74 Å². The molecule has 1 atom stereocenters. The molecule has 1 fully saturated rings. The van der Waals surface area contributed by atoms with Crippen LogP contribution in [-0.4, -0.2) is 52.7 Å². The average molecular weight is 350 g/mol. The van der Waals surface area contributed by atoms with Gasteiger partial charge < -0.3 is 14.7 Å². The maximum atomic E-state index is 13.7. The highest BCUT2D eigenvalue weighted by Crippen LogP contribution is 2.19.